The van der Waals surface area contributed by atoms with Gasteiger partial charge in [-0.25, -0.2) is 9.67 Å². The summed E-state index contributed by atoms with van der Waals surface area (Å²) in [6.07, 6.45) is 4.98. The first-order valence-electron chi connectivity index (χ1n) is 10.7. The number of benzene rings is 1. The van der Waals surface area contributed by atoms with E-state index in [9.17, 15) is 9.59 Å². The summed E-state index contributed by atoms with van der Waals surface area (Å²) in [6.45, 7) is 6.40. The zero-order valence-corrected chi connectivity index (χ0v) is 18.4. The van der Waals surface area contributed by atoms with Gasteiger partial charge in [0.2, 0.25) is 11.8 Å². The fourth-order valence-electron chi connectivity index (χ4n) is 4.15. The molecule has 9 heteroatoms. The van der Waals surface area contributed by atoms with Gasteiger partial charge in [0, 0.05) is 26.2 Å². The number of aromatic nitrogens is 3. The van der Waals surface area contributed by atoms with Gasteiger partial charge in [0.15, 0.2) is 0 Å². The second-order valence-corrected chi connectivity index (χ2v) is 8.76. The van der Waals surface area contributed by atoms with Crippen molar-refractivity contribution in [2.24, 2.45) is 0 Å². The van der Waals surface area contributed by atoms with Crippen LogP contribution in [0.15, 0.2) is 30.9 Å². The molecule has 1 unspecified atom stereocenters. The minimum absolute atomic E-state index is 0.0708. The average Bonchev–Trinajstić information content (AvgIpc) is 3.33. The molecule has 1 saturated heterocycles. The zero-order chi connectivity index (χ0) is 22.0. The molecule has 2 aromatic rings. The summed E-state index contributed by atoms with van der Waals surface area (Å²) in [5, 5.41) is 7.17. The summed E-state index contributed by atoms with van der Waals surface area (Å²) in [5.41, 5.74) is 1.38. The van der Waals surface area contributed by atoms with Crippen LogP contribution >= 0.6 is 0 Å². The number of carbonyl (C=O) groups is 2. The van der Waals surface area contributed by atoms with Gasteiger partial charge in [-0.05, 0) is 50.9 Å². The Kier molecular flexibility index (Phi) is 5.95. The molecular formula is C22H30N6O3. The van der Waals surface area contributed by atoms with E-state index in [2.05, 4.69) is 21.5 Å². The molecule has 1 N–H and O–H groups in total. The third kappa shape index (κ3) is 4.41. The maximum Gasteiger partial charge on any atom is 0.250 e. The third-order valence-electron chi connectivity index (χ3n) is 6.19. The standard InChI is InChI=1S/C22H30N6O3/c1-22(2,28-15-23-14-25-28)21(30)27-9-8-26(3)18(13-27)20(29)24-12-16-6-7-19-17(11-16)5-4-10-31-19/h6-7,11,14-15,18H,4-5,8-10,12-13H2,1-3H3,(H,24,29). The number of nitrogens with one attached hydrogen (secondary N) is 1. The lowest BCUT2D eigenvalue weighted by Gasteiger charge is -2.41. The normalized spacial score (nSPS) is 19.5. The largest absolute Gasteiger partial charge is 0.493 e. The van der Waals surface area contributed by atoms with E-state index in [0.29, 0.717) is 26.2 Å². The van der Waals surface area contributed by atoms with E-state index in [1.165, 1.54) is 11.9 Å². The third-order valence-corrected chi connectivity index (χ3v) is 6.19. The van der Waals surface area contributed by atoms with Gasteiger partial charge in [-0.2, -0.15) is 5.10 Å². The number of hydrogen-bond donors (Lipinski definition) is 1. The van der Waals surface area contributed by atoms with E-state index in [1.807, 2.05) is 37.9 Å². The highest BCUT2D eigenvalue weighted by molar-refractivity contribution is 5.86. The lowest BCUT2D eigenvalue weighted by molar-refractivity contribution is -0.144. The highest BCUT2D eigenvalue weighted by atomic mass is 16.5. The van der Waals surface area contributed by atoms with E-state index in [1.54, 1.807) is 15.9 Å². The summed E-state index contributed by atoms with van der Waals surface area (Å²) >= 11 is 0. The van der Waals surface area contributed by atoms with Crippen LogP contribution in [0, 0.1) is 0 Å². The van der Waals surface area contributed by atoms with Crippen LogP contribution < -0.4 is 10.1 Å². The smallest absolute Gasteiger partial charge is 0.250 e. The molecule has 4 rings (SSSR count). The number of carbonyl (C=O) groups excluding carboxylic acids is 2. The highest BCUT2D eigenvalue weighted by Gasteiger charge is 2.39. The molecule has 0 aliphatic carbocycles. The minimum Gasteiger partial charge on any atom is -0.493 e. The molecule has 0 saturated carbocycles. The monoisotopic (exact) mass is 426 g/mol. The van der Waals surface area contributed by atoms with Crippen LogP contribution in [0.25, 0.3) is 0 Å². The van der Waals surface area contributed by atoms with Gasteiger partial charge in [0.05, 0.1) is 6.61 Å². The number of fused-ring (bicyclic) bond motifs is 1. The SMILES string of the molecule is CN1CCN(C(=O)C(C)(C)n2cncn2)CC1C(=O)NCc1ccc2c(c1)CCCO2. The van der Waals surface area contributed by atoms with Crippen LogP contribution in [-0.2, 0) is 28.1 Å². The molecule has 3 heterocycles. The molecule has 1 atom stereocenters. The number of ether oxygens (including phenoxy) is 1. The molecule has 166 valence electrons. The summed E-state index contributed by atoms with van der Waals surface area (Å²) in [4.78, 5) is 33.9. The Morgan fingerprint density at radius 3 is 2.90 bits per heavy atom. The second kappa shape index (κ2) is 8.66. The van der Waals surface area contributed by atoms with Crippen molar-refractivity contribution in [3.05, 3.63) is 42.0 Å². The van der Waals surface area contributed by atoms with Crippen molar-refractivity contribution in [3.63, 3.8) is 0 Å². The summed E-state index contributed by atoms with van der Waals surface area (Å²) in [6, 6.07) is 5.68. The average molecular weight is 427 g/mol. The Balaban J connectivity index is 1.39. The lowest BCUT2D eigenvalue weighted by Crippen LogP contribution is -2.61. The van der Waals surface area contributed by atoms with Crippen molar-refractivity contribution in [3.8, 4) is 5.75 Å². The number of amides is 2. The molecule has 1 aromatic carbocycles. The zero-order valence-electron chi connectivity index (χ0n) is 18.4. The maximum atomic E-state index is 13.2. The fourth-order valence-corrected chi connectivity index (χ4v) is 4.15. The van der Waals surface area contributed by atoms with Crippen LogP contribution in [0.1, 0.15) is 31.4 Å². The molecule has 0 radical (unpaired) electrons. The molecule has 0 spiro atoms. The van der Waals surface area contributed by atoms with Gasteiger partial charge in [-0.1, -0.05) is 12.1 Å². The van der Waals surface area contributed by atoms with Gasteiger partial charge in [-0.15, -0.1) is 0 Å². The van der Waals surface area contributed by atoms with E-state index < -0.39 is 11.6 Å². The molecule has 9 nitrogen and oxygen atoms in total. The molecule has 2 amide bonds. The Hall–Kier alpha value is -2.94. The van der Waals surface area contributed by atoms with Gasteiger partial charge >= 0.3 is 0 Å². The quantitative estimate of drug-likeness (QED) is 0.760. The number of rotatable bonds is 5. The van der Waals surface area contributed by atoms with Gasteiger partial charge in [0.25, 0.3) is 0 Å². The highest BCUT2D eigenvalue weighted by Crippen LogP contribution is 2.25. The Bertz CT molecular complexity index is 943. The molecule has 1 aromatic heterocycles. The number of nitrogens with zero attached hydrogens (tertiary/aromatic N) is 5. The van der Waals surface area contributed by atoms with E-state index in [4.69, 9.17) is 4.74 Å². The topological polar surface area (TPSA) is 92.6 Å². The van der Waals surface area contributed by atoms with E-state index >= 15 is 0 Å². The van der Waals surface area contributed by atoms with Crippen molar-refractivity contribution in [2.75, 3.05) is 33.3 Å². The first-order chi connectivity index (χ1) is 14.9. The summed E-state index contributed by atoms with van der Waals surface area (Å²) in [7, 11) is 1.92. The minimum atomic E-state index is -0.862. The van der Waals surface area contributed by atoms with E-state index in [-0.39, 0.29) is 11.8 Å². The van der Waals surface area contributed by atoms with Crippen molar-refractivity contribution in [1.82, 2.24) is 29.9 Å². The summed E-state index contributed by atoms with van der Waals surface area (Å²) in [5.74, 6) is 0.795. The van der Waals surface area contributed by atoms with Crippen molar-refractivity contribution < 1.29 is 14.3 Å². The first kappa shape index (κ1) is 21.3. The Labute approximate surface area is 182 Å². The first-order valence-corrected chi connectivity index (χ1v) is 10.7. The number of aryl methyl sites for hydroxylation is 1. The van der Waals surface area contributed by atoms with Crippen LogP contribution in [0.5, 0.6) is 5.75 Å². The number of hydrogen-bond acceptors (Lipinski definition) is 6. The molecule has 2 aliphatic rings. The fraction of sp³-hybridized carbons (Fsp3) is 0.545. The molecule has 2 aliphatic heterocycles. The Morgan fingerprint density at radius 2 is 2.13 bits per heavy atom. The van der Waals surface area contributed by atoms with Crippen LogP contribution in [0.2, 0.25) is 0 Å². The van der Waals surface area contributed by atoms with E-state index in [0.717, 1.165) is 30.8 Å². The molecule has 1 fully saturated rings. The van der Waals surface area contributed by atoms with Gasteiger partial charge in [-0.3, -0.25) is 14.5 Å². The van der Waals surface area contributed by atoms with Crippen LogP contribution in [-0.4, -0.2) is 75.7 Å². The van der Waals surface area contributed by atoms with Crippen LogP contribution in [0.4, 0.5) is 0 Å². The second-order valence-electron chi connectivity index (χ2n) is 8.76. The van der Waals surface area contributed by atoms with Crippen molar-refractivity contribution in [2.45, 2.75) is 44.8 Å². The van der Waals surface area contributed by atoms with Crippen molar-refractivity contribution >= 4 is 11.8 Å². The summed E-state index contributed by atoms with van der Waals surface area (Å²) < 4.78 is 7.22. The van der Waals surface area contributed by atoms with Gasteiger partial charge < -0.3 is 15.0 Å². The lowest BCUT2D eigenvalue weighted by atomic mass is 10.0. The Morgan fingerprint density at radius 1 is 1.29 bits per heavy atom. The van der Waals surface area contributed by atoms with Gasteiger partial charge in [0.1, 0.15) is 30.0 Å². The molecule has 0 bridgehead atoms. The maximum absolute atomic E-state index is 13.2. The number of likely N-dealkylation sites (N-methyl/N-ethyl adjacent to an activating group) is 1. The predicted octanol–water partition coefficient (Wildman–Crippen LogP) is 0.797. The molecule has 31 heavy (non-hydrogen) atoms. The predicted molar refractivity (Wildman–Crippen MR) is 114 cm³/mol. The molecular weight excluding hydrogens is 396 g/mol. The number of piperazine rings is 1. The van der Waals surface area contributed by atoms with Crippen LogP contribution in [0.3, 0.4) is 0 Å². The van der Waals surface area contributed by atoms with Crippen molar-refractivity contribution in [1.29, 1.82) is 0 Å².